The zero-order chi connectivity index (χ0) is 16.8. The van der Waals surface area contributed by atoms with Crippen molar-refractivity contribution in [2.45, 2.75) is 6.04 Å². The third kappa shape index (κ3) is 5.97. The van der Waals surface area contributed by atoms with E-state index in [0.29, 0.717) is 12.5 Å². The second-order valence-corrected chi connectivity index (χ2v) is 7.24. The van der Waals surface area contributed by atoms with E-state index in [1.165, 1.54) is 12.1 Å². The first kappa shape index (κ1) is 20.7. The van der Waals surface area contributed by atoms with Crippen molar-refractivity contribution in [3.8, 4) is 0 Å². The van der Waals surface area contributed by atoms with Gasteiger partial charge in [0.25, 0.3) is 0 Å². The van der Waals surface area contributed by atoms with Crippen LogP contribution in [0.4, 0.5) is 4.39 Å². The molecule has 1 aromatic carbocycles. The molecule has 1 unspecified atom stereocenters. The lowest BCUT2D eigenvalue weighted by molar-refractivity contribution is 0.0179. The molecule has 0 aromatic heterocycles. The Morgan fingerprint density at radius 2 is 1.80 bits per heavy atom. The number of nitrogens with zero attached hydrogens (tertiary/aromatic N) is 3. The van der Waals surface area contributed by atoms with Crippen LogP contribution in [0.15, 0.2) is 29.3 Å². The van der Waals surface area contributed by atoms with E-state index in [0.717, 1.165) is 56.5 Å². The maximum absolute atomic E-state index is 13.3. The summed E-state index contributed by atoms with van der Waals surface area (Å²) >= 11 is 1.95. The van der Waals surface area contributed by atoms with Gasteiger partial charge < -0.3 is 15.4 Å². The van der Waals surface area contributed by atoms with E-state index >= 15 is 0 Å². The number of rotatable bonds is 4. The van der Waals surface area contributed by atoms with Crippen molar-refractivity contribution in [1.29, 1.82) is 0 Å². The van der Waals surface area contributed by atoms with Crippen molar-refractivity contribution >= 4 is 41.7 Å². The Kier molecular flexibility index (Phi) is 8.74. The van der Waals surface area contributed by atoms with Gasteiger partial charge >= 0.3 is 0 Å². The first-order chi connectivity index (χ1) is 11.7. The first-order valence-electron chi connectivity index (χ1n) is 8.44. The minimum absolute atomic E-state index is 0. The Labute approximate surface area is 170 Å². The zero-order valence-corrected chi connectivity index (χ0v) is 17.4. The van der Waals surface area contributed by atoms with Gasteiger partial charge in [0.2, 0.25) is 0 Å². The van der Waals surface area contributed by atoms with Gasteiger partial charge in [-0.3, -0.25) is 9.89 Å². The molecule has 0 radical (unpaired) electrons. The molecule has 2 aliphatic rings. The minimum atomic E-state index is -0.215. The summed E-state index contributed by atoms with van der Waals surface area (Å²) < 4.78 is 18.7. The quantitative estimate of drug-likeness (QED) is 0.407. The predicted octanol–water partition coefficient (Wildman–Crippen LogP) is 2.18. The van der Waals surface area contributed by atoms with Crippen LogP contribution in [0.25, 0.3) is 0 Å². The van der Waals surface area contributed by atoms with Crippen LogP contribution in [0, 0.1) is 5.82 Å². The summed E-state index contributed by atoms with van der Waals surface area (Å²) in [5.74, 6) is 2.60. The van der Waals surface area contributed by atoms with E-state index in [-0.39, 0.29) is 35.8 Å². The molecule has 2 heterocycles. The van der Waals surface area contributed by atoms with Crippen molar-refractivity contribution in [2.24, 2.45) is 10.7 Å². The molecular formula is C17H26FIN4OS. The van der Waals surface area contributed by atoms with Crippen LogP contribution >= 0.6 is 35.7 Å². The molecule has 1 atom stereocenters. The van der Waals surface area contributed by atoms with Crippen molar-refractivity contribution in [2.75, 3.05) is 57.4 Å². The lowest BCUT2D eigenvalue weighted by atomic mass is 10.0. The van der Waals surface area contributed by atoms with Gasteiger partial charge in [-0.25, -0.2) is 4.39 Å². The molecule has 2 N–H and O–H groups in total. The maximum atomic E-state index is 13.3. The van der Waals surface area contributed by atoms with E-state index in [1.807, 2.05) is 23.9 Å². The van der Waals surface area contributed by atoms with Gasteiger partial charge in [-0.2, -0.15) is 11.8 Å². The third-order valence-electron chi connectivity index (χ3n) is 4.50. The predicted molar refractivity (Wildman–Crippen MR) is 112 cm³/mol. The van der Waals surface area contributed by atoms with Crippen molar-refractivity contribution in [1.82, 2.24) is 9.80 Å². The Morgan fingerprint density at radius 3 is 2.44 bits per heavy atom. The van der Waals surface area contributed by atoms with Crippen LogP contribution in [0.3, 0.4) is 0 Å². The van der Waals surface area contributed by atoms with Crippen LogP contribution in [0.5, 0.6) is 0 Å². The summed E-state index contributed by atoms with van der Waals surface area (Å²) in [4.78, 5) is 9.15. The van der Waals surface area contributed by atoms with Crippen molar-refractivity contribution in [3.63, 3.8) is 0 Å². The number of halogens is 2. The number of thioether (sulfide) groups is 1. The number of hydrogen-bond acceptors (Lipinski definition) is 4. The summed E-state index contributed by atoms with van der Waals surface area (Å²) in [5.41, 5.74) is 7.27. The monoisotopic (exact) mass is 480 g/mol. The van der Waals surface area contributed by atoms with E-state index in [2.05, 4.69) is 14.8 Å². The minimum Gasteiger partial charge on any atom is -0.379 e. The molecule has 0 spiro atoms. The molecule has 1 aromatic rings. The summed E-state index contributed by atoms with van der Waals surface area (Å²) in [7, 11) is 0. The number of guanidine groups is 1. The molecule has 140 valence electrons. The molecule has 2 aliphatic heterocycles. The van der Waals surface area contributed by atoms with Gasteiger partial charge in [0, 0.05) is 37.7 Å². The summed E-state index contributed by atoms with van der Waals surface area (Å²) in [6.45, 7) is 5.66. The number of morpholine rings is 1. The van der Waals surface area contributed by atoms with E-state index in [9.17, 15) is 4.39 Å². The van der Waals surface area contributed by atoms with Crippen molar-refractivity contribution in [3.05, 3.63) is 35.6 Å². The summed E-state index contributed by atoms with van der Waals surface area (Å²) in [6.07, 6.45) is 0. The van der Waals surface area contributed by atoms with Crippen LogP contribution in [0.2, 0.25) is 0 Å². The van der Waals surface area contributed by atoms with Gasteiger partial charge in [0.15, 0.2) is 5.96 Å². The Morgan fingerprint density at radius 1 is 1.16 bits per heavy atom. The van der Waals surface area contributed by atoms with Crippen LogP contribution < -0.4 is 5.73 Å². The molecule has 3 rings (SSSR count). The fraction of sp³-hybridized carbons (Fsp3) is 0.588. The first-order valence-corrected chi connectivity index (χ1v) is 9.59. The molecular weight excluding hydrogens is 454 g/mol. The highest BCUT2D eigenvalue weighted by Crippen LogP contribution is 2.23. The van der Waals surface area contributed by atoms with Crippen LogP contribution in [-0.4, -0.2) is 73.2 Å². The topological polar surface area (TPSA) is 54.1 Å². The maximum Gasteiger partial charge on any atom is 0.191 e. The van der Waals surface area contributed by atoms with Gasteiger partial charge in [-0.05, 0) is 17.7 Å². The Bertz CT molecular complexity index is 548. The van der Waals surface area contributed by atoms with Crippen LogP contribution in [-0.2, 0) is 4.74 Å². The van der Waals surface area contributed by atoms with E-state index < -0.39 is 0 Å². The van der Waals surface area contributed by atoms with Crippen LogP contribution in [0.1, 0.15) is 11.6 Å². The smallest absolute Gasteiger partial charge is 0.191 e. The molecule has 0 aliphatic carbocycles. The molecule has 5 nitrogen and oxygen atoms in total. The highest BCUT2D eigenvalue weighted by atomic mass is 127. The highest BCUT2D eigenvalue weighted by Gasteiger charge is 2.23. The largest absolute Gasteiger partial charge is 0.379 e. The van der Waals surface area contributed by atoms with Gasteiger partial charge in [-0.15, -0.1) is 24.0 Å². The Hall–Kier alpha value is -0.580. The molecule has 2 saturated heterocycles. The number of ether oxygens (including phenoxy) is 1. The highest BCUT2D eigenvalue weighted by molar-refractivity contribution is 14.0. The average molecular weight is 480 g/mol. The van der Waals surface area contributed by atoms with Gasteiger partial charge in [0.05, 0.1) is 25.8 Å². The number of benzene rings is 1. The number of hydrogen-bond donors (Lipinski definition) is 1. The average Bonchev–Trinajstić information content (AvgIpc) is 2.65. The van der Waals surface area contributed by atoms with E-state index in [1.54, 1.807) is 0 Å². The normalized spacial score (nSPS) is 20.8. The fourth-order valence-corrected chi connectivity index (χ4v) is 3.98. The second-order valence-electron chi connectivity index (χ2n) is 6.01. The van der Waals surface area contributed by atoms with E-state index in [4.69, 9.17) is 10.5 Å². The zero-order valence-electron chi connectivity index (χ0n) is 14.3. The molecule has 0 saturated carbocycles. The summed E-state index contributed by atoms with van der Waals surface area (Å²) in [6, 6.07) is 6.82. The van der Waals surface area contributed by atoms with Gasteiger partial charge in [-0.1, -0.05) is 12.1 Å². The second kappa shape index (κ2) is 10.5. The van der Waals surface area contributed by atoms with Gasteiger partial charge in [0.1, 0.15) is 5.82 Å². The molecule has 0 amide bonds. The molecule has 0 bridgehead atoms. The lowest BCUT2D eigenvalue weighted by Gasteiger charge is -2.34. The van der Waals surface area contributed by atoms with Crippen molar-refractivity contribution < 1.29 is 9.13 Å². The third-order valence-corrected chi connectivity index (χ3v) is 5.45. The SMILES string of the molecule is I.NC(=NCC(c1ccc(F)cc1)N1CCOCC1)N1CCSCC1. The number of aliphatic imine (C=N–C) groups is 1. The molecule has 8 heteroatoms. The molecule has 2 fully saturated rings. The number of nitrogens with two attached hydrogens (primary N) is 1. The molecule has 25 heavy (non-hydrogen) atoms. The summed E-state index contributed by atoms with van der Waals surface area (Å²) in [5, 5.41) is 0. The lowest BCUT2D eigenvalue weighted by Crippen LogP contribution is -2.44. The standard InChI is InChI=1S/C17H25FN4OS.HI/c18-15-3-1-14(2-4-15)16(21-5-9-23-10-6-21)13-20-17(19)22-7-11-24-12-8-22;/h1-4,16H,5-13H2,(H2,19,20);1H. The Balaban J connectivity index is 0.00000225. The fourth-order valence-electron chi connectivity index (χ4n) is 3.08.